The standard InChI is InChI=1S/C20H32N2O2/c1-2-5-21-18(23)17-4-3-6-22(13-17)19(24)20-10-14-7-15(11-20)9-16(8-14)12-20/h14-17H,2-13H2,1H3,(H,21,23)/t14?,15?,16?,17-,20?/m0/s1. The highest BCUT2D eigenvalue weighted by atomic mass is 16.2. The van der Waals surface area contributed by atoms with E-state index in [2.05, 4.69) is 17.1 Å². The number of nitrogens with zero attached hydrogens (tertiary/aromatic N) is 1. The second-order valence-corrected chi connectivity index (χ2v) is 9.08. The second-order valence-electron chi connectivity index (χ2n) is 9.08. The Balaban J connectivity index is 1.43. The molecule has 4 bridgehead atoms. The van der Waals surface area contributed by atoms with Crippen LogP contribution in [0.2, 0.25) is 0 Å². The molecule has 0 aromatic heterocycles. The lowest BCUT2D eigenvalue weighted by Gasteiger charge is -2.57. The zero-order chi connectivity index (χ0) is 16.7. The molecule has 1 N–H and O–H groups in total. The van der Waals surface area contributed by atoms with Crippen LogP contribution in [-0.2, 0) is 9.59 Å². The van der Waals surface area contributed by atoms with E-state index < -0.39 is 0 Å². The van der Waals surface area contributed by atoms with Crippen molar-refractivity contribution in [2.24, 2.45) is 29.1 Å². The Morgan fingerprint density at radius 1 is 1.08 bits per heavy atom. The van der Waals surface area contributed by atoms with Gasteiger partial charge in [0.05, 0.1) is 11.3 Å². The number of hydrogen-bond acceptors (Lipinski definition) is 2. The summed E-state index contributed by atoms with van der Waals surface area (Å²) in [5, 5.41) is 3.02. The minimum Gasteiger partial charge on any atom is -0.356 e. The van der Waals surface area contributed by atoms with E-state index >= 15 is 0 Å². The van der Waals surface area contributed by atoms with Gasteiger partial charge in [0.15, 0.2) is 0 Å². The highest BCUT2D eigenvalue weighted by molar-refractivity contribution is 5.85. The van der Waals surface area contributed by atoms with Gasteiger partial charge in [-0.05, 0) is 75.5 Å². The summed E-state index contributed by atoms with van der Waals surface area (Å²) in [5.41, 5.74) is -0.0590. The van der Waals surface area contributed by atoms with Crippen LogP contribution in [-0.4, -0.2) is 36.3 Å². The van der Waals surface area contributed by atoms with Gasteiger partial charge in [0, 0.05) is 19.6 Å². The lowest BCUT2D eigenvalue weighted by Crippen LogP contribution is -2.56. The molecule has 134 valence electrons. The molecular formula is C20H32N2O2. The van der Waals surface area contributed by atoms with Crippen molar-refractivity contribution in [2.75, 3.05) is 19.6 Å². The Bertz CT molecular complexity index is 480. The zero-order valence-corrected chi connectivity index (χ0v) is 15.1. The molecule has 2 amide bonds. The third-order valence-corrected chi connectivity index (χ3v) is 7.12. The van der Waals surface area contributed by atoms with Crippen LogP contribution in [0.25, 0.3) is 0 Å². The number of amides is 2. The largest absolute Gasteiger partial charge is 0.356 e. The topological polar surface area (TPSA) is 49.4 Å². The molecule has 24 heavy (non-hydrogen) atoms. The van der Waals surface area contributed by atoms with Gasteiger partial charge >= 0.3 is 0 Å². The lowest BCUT2D eigenvalue weighted by atomic mass is 9.49. The molecule has 5 rings (SSSR count). The van der Waals surface area contributed by atoms with Crippen LogP contribution in [0.4, 0.5) is 0 Å². The number of piperidine rings is 1. The van der Waals surface area contributed by atoms with E-state index in [4.69, 9.17) is 0 Å². The molecular weight excluding hydrogens is 300 g/mol. The highest BCUT2D eigenvalue weighted by Crippen LogP contribution is 2.60. The summed E-state index contributed by atoms with van der Waals surface area (Å²) in [5.74, 6) is 2.95. The van der Waals surface area contributed by atoms with Gasteiger partial charge in [0.25, 0.3) is 0 Å². The predicted octanol–water partition coefficient (Wildman–Crippen LogP) is 2.97. The van der Waals surface area contributed by atoms with Crippen LogP contribution in [0.5, 0.6) is 0 Å². The average molecular weight is 332 g/mol. The Hall–Kier alpha value is -1.06. The summed E-state index contributed by atoms with van der Waals surface area (Å²) in [4.78, 5) is 27.8. The summed E-state index contributed by atoms with van der Waals surface area (Å²) < 4.78 is 0. The Kier molecular flexibility index (Phi) is 4.34. The first-order valence-electron chi connectivity index (χ1n) is 10.2. The van der Waals surface area contributed by atoms with Gasteiger partial charge in [-0.2, -0.15) is 0 Å². The van der Waals surface area contributed by atoms with Crippen molar-refractivity contribution in [1.82, 2.24) is 10.2 Å². The molecule has 1 heterocycles. The predicted molar refractivity (Wildman–Crippen MR) is 93.2 cm³/mol. The SMILES string of the molecule is CCCNC(=O)[C@H]1CCCN(C(=O)C23CC4CC(CC(C4)C2)C3)C1. The monoisotopic (exact) mass is 332 g/mol. The Morgan fingerprint density at radius 2 is 1.71 bits per heavy atom. The molecule has 1 atom stereocenters. The fraction of sp³-hybridized carbons (Fsp3) is 0.900. The molecule has 1 aliphatic heterocycles. The number of hydrogen-bond donors (Lipinski definition) is 1. The van der Waals surface area contributed by atoms with E-state index in [0.717, 1.165) is 69.4 Å². The molecule has 0 unspecified atom stereocenters. The van der Waals surface area contributed by atoms with Crippen molar-refractivity contribution >= 4 is 11.8 Å². The maximum atomic E-state index is 13.4. The van der Waals surface area contributed by atoms with Gasteiger partial charge in [-0.3, -0.25) is 9.59 Å². The Morgan fingerprint density at radius 3 is 2.29 bits per heavy atom. The minimum absolute atomic E-state index is 0.00293. The van der Waals surface area contributed by atoms with E-state index in [1.54, 1.807) is 0 Å². The lowest BCUT2D eigenvalue weighted by molar-refractivity contribution is -0.160. The van der Waals surface area contributed by atoms with Crippen LogP contribution in [0.15, 0.2) is 0 Å². The van der Waals surface area contributed by atoms with E-state index in [1.165, 1.54) is 19.3 Å². The third-order valence-electron chi connectivity index (χ3n) is 7.12. The van der Waals surface area contributed by atoms with Crippen LogP contribution >= 0.6 is 0 Å². The fourth-order valence-electron chi connectivity index (χ4n) is 6.48. The van der Waals surface area contributed by atoms with Crippen molar-refractivity contribution in [3.63, 3.8) is 0 Å². The number of rotatable bonds is 4. The first-order chi connectivity index (χ1) is 11.6. The second kappa shape index (κ2) is 6.34. The average Bonchev–Trinajstić information content (AvgIpc) is 2.58. The number of likely N-dealkylation sites (tertiary alicyclic amines) is 1. The van der Waals surface area contributed by atoms with Crippen molar-refractivity contribution in [1.29, 1.82) is 0 Å². The van der Waals surface area contributed by atoms with Gasteiger partial charge < -0.3 is 10.2 Å². The Labute approximate surface area is 145 Å². The van der Waals surface area contributed by atoms with Gasteiger partial charge in [0.2, 0.25) is 11.8 Å². The van der Waals surface area contributed by atoms with E-state index in [0.29, 0.717) is 12.5 Å². The normalized spacial score (nSPS) is 40.6. The highest BCUT2D eigenvalue weighted by Gasteiger charge is 2.55. The number of carbonyl (C=O) groups excluding carboxylic acids is 2. The van der Waals surface area contributed by atoms with Crippen molar-refractivity contribution in [3.8, 4) is 0 Å². The third kappa shape index (κ3) is 2.86. The van der Waals surface area contributed by atoms with Crippen LogP contribution in [0.3, 0.4) is 0 Å². The van der Waals surface area contributed by atoms with Gasteiger partial charge in [-0.1, -0.05) is 6.92 Å². The van der Waals surface area contributed by atoms with Crippen molar-refractivity contribution in [2.45, 2.75) is 64.7 Å². The van der Waals surface area contributed by atoms with Crippen molar-refractivity contribution in [3.05, 3.63) is 0 Å². The van der Waals surface area contributed by atoms with Gasteiger partial charge in [-0.25, -0.2) is 0 Å². The molecule has 5 fully saturated rings. The number of nitrogens with one attached hydrogen (secondary N) is 1. The molecule has 0 aromatic carbocycles. The molecule has 0 aromatic rings. The first-order valence-corrected chi connectivity index (χ1v) is 10.2. The van der Waals surface area contributed by atoms with Gasteiger partial charge in [-0.15, -0.1) is 0 Å². The van der Waals surface area contributed by atoms with Crippen molar-refractivity contribution < 1.29 is 9.59 Å². The van der Waals surface area contributed by atoms with Crippen LogP contribution in [0.1, 0.15) is 64.7 Å². The summed E-state index contributed by atoms with van der Waals surface area (Å²) in [6.07, 6.45) is 10.4. The van der Waals surface area contributed by atoms with E-state index in [9.17, 15) is 9.59 Å². The molecule has 4 saturated carbocycles. The smallest absolute Gasteiger partial charge is 0.228 e. The maximum absolute atomic E-state index is 13.4. The summed E-state index contributed by atoms with van der Waals surface area (Å²) in [6.45, 7) is 4.33. The maximum Gasteiger partial charge on any atom is 0.228 e. The fourth-order valence-corrected chi connectivity index (χ4v) is 6.48. The minimum atomic E-state index is -0.0590. The van der Waals surface area contributed by atoms with E-state index in [1.807, 2.05) is 0 Å². The summed E-state index contributed by atoms with van der Waals surface area (Å²) in [7, 11) is 0. The summed E-state index contributed by atoms with van der Waals surface area (Å²) in [6, 6.07) is 0. The zero-order valence-electron chi connectivity index (χ0n) is 15.1. The number of carbonyl (C=O) groups is 2. The molecule has 4 aliphatic carbocycles. The molecule has 0 radical (unpaired) electrons. The molecule has 0 spiro atoms. The molecule has 4 heteroatoms. The quantitative estimate of drug-likeness (QED) is 0.860. The first kappa shape index (κ1) is 16.4. The summed E-state index contributed by atoms with van der Waals surface area (Å²) >= 11 is 0. The van der Waals surface area contributed by atoms with Crippen LogP contribution < -0.4 is 5.32 Å². The van der Waals surface area contributed by atoms with E-state index in [-0.39, 0.29) is 17.2 Å². The molecule has 4 nitrogen and oxygen atoms in total. The van der Waals surface area contributed by atoms with Gasteiger partial charge in [0.1, 0.15) is 0 Å². The van der Waals surface area contributed by atoms with Crippen LogP contribution in [0, 0.1) is 29.1 Å². The molecule has 1 saturated heterocycles. The molecule has 5 aliphatic rings.